The van der Waals surface area contributed by atoms with Gasteiger partial charge in [-0.3, -0.25) is 0 Å². The Morgan fingerprint density at radius 3 is 2.67 bits per heavy atom. The minimum atomic E-state index is -4.49. The molecular weight excluding hydrogens is 473 g/mol. The molecule has 6 heterocycles. The number of fused-ring (bicyclic) bond motifs is 1. The fourth-order valence-corrected chi connectivity index (χ4v) is 5.51. The largest absolute Gasteiger partial charge is 0.433 e. The first-order valence-electron chi connectivity index (χ1n) is 12.2. The molecule has 3 fully saturated rings. The Morgan fingerprint density at radius 1 is 1.14 bits per heavy atom. The smallest absolute Gasteiger partial charge is 0.356 e. The molecule has 3 aromatic rings. The number of alkyl halides is 3. The van der Waals surface area contributed by atoms with Crippen LogP contribution < -0.4 is 9.80 Å². The summed E-state index contributed by atoms with van der Waals surface area (Å²) < 4.78 is 47.4. The van der Waals surface area contributed by atoms with Gasteiger partial charge in [-0.1, -0.05) is 6.58 Å². The van der Waals surface area contributed by atoms with Crippen LogP contribution in [0.2, 0.25) is 0 Å². The Labute approximate surface area is 206 Å². The van der Waals surface area contributed by atoms with E-state index in [0.29, 0.717) is 31.5 Å². The number of aryl methyl sites for hydroxylation is 1. The van der Waals surface area contributed by atoms with Crippen molar-refractivity contribution in [2.75, 3.05) is 42.6 Å². The standard InChI is InChI=1S/C24H27F3N8O/c1-3-17-16-11-28-22(31-21(16)35(32-17)20-6-4-5-9-36-20)33-8-7-23(12-33)13-34(14-23)19-10-18(24(25,26)27)29-15(2)30-19/h3,10-11,20H,1,4-9,12-14H2,2H3. The predicted molar refractivity (Wildman–Crippen MR) is 128 cm³/mol. The molecule has 12 heteroatoms. The lowest BCUT2D eigenvalue weighted by Crippen LogP contribution is -2.58. The minimum absolute atomic E-state index is 0.0332. The molecule has 3 aliphatic heterocycles. The normalized spacial score (nSPS) is 21.8. The van der Waals surface area contributed by atoms with Crippen molar-refractivity contribution in [3.8, 4) is 0 Å². The number of hydrogen-bond donors (Lipinski definition) is 0. The zero-order chi connectivity index (χ0) is 25.1. The lowest BCUT2D eigenvalue weighted by atomic mass is 9.79. The summed E-state index contributed by atoms with van der Waals surface area (Å²) in [7, 11) is 0. The molecule has 1 spiro atoms. The fourth-order valence-electron chi connectivity index (χ4n) is 5.51. The molecule has 0 aliphatic carbocycles. The number of ether oxygens (including phenoxy) is 1. The lowest BCUT2D eigenvalue weighted by molar-refractivity contribution is -0.141. The maximum atomic E-state index is 13.2. The van der Waals surface area contributed by atoms with Gasteiger partial charge in [-0.25, -0.2) is 19.6 Å². The van der Waals surface area contributed by atoms with Crippen molar-refractivity contribution in [1.29, 1.82) is 0 Å². The molecule has 1 unspecified atom stereocenters. The van der Waals surface area contributed by atoms with Gasteiger partial charge in [0, 0.05) is 50.5 Å². The third-order valence-electron chi connectivity index (χ3n) is 7.30. The SMILES string of the molecule is C=Cc1nn(C2CCCCO2)c2nc(N3CCC4(CN(c5cc(C(F)(F)F)nc(C)n5)C4)C3)ncc12. The highest BCUT2D eigenvalue weighted by Gasteiger charge is 2.49. The number of rotatable bonds is 4. The fraction of sp³-hybridized carbons (Fsp3) is 0.542. The molecule has 6 rings (SSSR count). The van der Waals surface area contributed by atoms with Gasteiger partial charge in [-0.2, -0.15) is 23.3 Å². The maximum Gasteiger partial charge on any atom is 0.433 e. The van der Waals surface area contributed by atoms with Crippen LogP contribution in [0.5, 0.6) is 0 Å². The molecule has 1 atom stereocenters. The summed E-state index contributed by atoms with van der Waals surface area (Å²) >= 11 is 0. The van der Waals surface area contributed by atoms with Crippen LogP contribution in [-0.4, -0.2) is 62.5 Å². The Hall–Kier alpha value is -3.28. The second kappa shape index (κ2) is 8.39. The zero-order valence-corrected chi connectivity index (χ0v) is 20.0. The van der Waals surface area contributed by atoms with Crippen LogP contribution in [0.1, 0.15) is 49.1 Å². The predicted octanol–water partition coefficient (Wildman–Crippen LogP) is 4.00. The van der Waals surface area contributed by atoms with Crippen LogP contribution >= 0.6 is 0 Å². The van der Waals surface area contributed by atoms with E-state index in [1.165, 1.54) is 6.92 Å². The van der Waals surface area contributed by atoms with Crippen LogP contribution in [0, 0.1) is 12.3 Å². The van der Waals surface area contributed by atoms with Crippen molar-refractivity contribution in [1.82, 2.24) is 29.7 Å². The van der Waals surface area contributed by atoms with Crippen molar-refractivity contribution in [2.24, 2.45) is 5.41 Å². The number of nitrogens with zero attached hydrogens (tertiary/aromatic N) is 8. The highest BCUT2D eigenvalue weighted by atomic mass is 19.4. The third kappa shape index (κ3) is 3.97. The van der Waals surface area contributed by atoms with Crippen LogP contribution in [0.15, 0.2) is 18.8 Å². The monoisotopic (exact) mass is 500 g/mol. The highest BCUT2D eigenvalue weighted by molar-refractivity contribution is 5.84. The molecule has 3 aliphatic rings. The van der Waals surface area contributed by atoms with Crippen molar-refractivity contribution in [2.45, 2.75) is 45.0 Å². The molecule has 0 radical (unpaired) electrons. The van der Waals surface area contributed by atoms with E-state index in [1.807, 2.05) is 9.58 Å². The maximum absolute atomic E-state index is 13.2. The van der Waals surface area contributed by atoms with Gasteiger partial charge in [0.2, 0.25) is 5.95 Å². The van der Waals surface area contributed by atoms with Gasteiger partial charge in [0.1, 0.15) is 17.3 Å². The van der Waals surface area contributed by atoms with Crippen LogP contribution in [0.25, 0.3) is 17.1 Å². The molecule has 0 N–H and O–H groups in total. The van der Waals surface area contributed by atoms with Gasteiger partial charge in [-0.15, -0.1) is 0 Å². The zero-order valence-electron chi connectivity index (χ0n) is 20.0. The van der Waals surface area contributed by atoms with E-state index < -0.39 is 11.9 Å². The average Bonchev–Trinajstić information content (AvgIpc) is 3.45. The van der Waals surface area contributed by atoms with Gasteiger partial charge in [-0.05, 0) is 38.7 Å². The van der Waals surface area contributed by atoms with Gasteiger partial charge in [0.25, 0.3) is 0 Å². The van der Waals surface area contributed by atoms with E-state index in [1.54, 1.807) is 12.3 Å². The quantitative estimate of drug-likeness (QED) is 0.532. The van der Waals surface area contributed by atoms with Gasteiger partial charge in [0.15, 0.2) is 11.9 Å². The minimum Gasteiger partial charge on any atom is -0.356 e. The first-order chi connectivity index (χ1) is 17.2. The molecule has 0 saturated carbocycles. The van der Waals surface area contributed by atoms with E-state index >= 15 is 0 Å². The van der Waals surface area contributed by atoms with E-state index in [2.05, 4.69) is 31.5 Å². The molecule has 0 bridgehead atoms. The molecule has 36 heavy (non-hydrogen) atoms. The molecular formula is C24H27F3N8O. The first kappa shape index (κ1) is 23.1. The lowest BCUT2D eigenvalue weighted by Gasteiger charge is -2.48. The summed E-state index contributed by atoms with van der Waals surface area (Å²) in [5.41, 5.74) is 0.526. The molecule has 0 amide bonds. The van der Waals surface area contributed by atoms with Crippen LogP contribution in [0.3, 0.4) is 0 Å². The Kier molecular flexibility index (Phi) is 5.39. The van der Waals surface area contributed by atoms with Crippen molar-refractivity contribution < 1.29 is 17.9 Å². The summed E-state index contributed by atoms with van der Waals surface area (Å²) in [6.45, 7) is 8.84. The van der Waals surface area contributed by atoms with Crippen molar-refractivity contribution in [3.63, 3.8) is 0 Å². The highest BCUT2D eigenvalue weighted by Crippen LogP contribution is 2.43. The second-order valence-electron chi connectivity index (χ2n) is 9.95. The van der Waals surface area contributed by atoms with E-state index in [4.69, 9.17) is 9.72 Å². The number of aromatic nitrogens is 6. The summed E-state index contributed by atoms with van der Waals surface area (Å²) in [5.74, 6) is 1.07. The summed E-state index contributed by atoms with van der Waals surface area (Å²) in [4.78, 5) is 21.3. The first-order valence-corrected chi connectivity index (χ1v) is 12.2. The summed E-state index contributed by atoms with van der Waals surface area (Å²) in [6.07, 6.45) is 2.77. The number of hydrogen-bond acceptors (Lipinski definition) is 8. The Bertz CT molecular complexity index is 1310. The average molecular weight is 501 g/mol. The van der Waals surface area contributed by atoms with E-state index in [-0.39, 0.29) is 17.5 Å². The third-order valence-corrected chi connectivity index (χ3v) is 7.30. The van der Waals surface area contributed by atoms with Gasteiger partial charge >= 0.3 is 6.18 Å². The molecule has 0 aromatic carbocycles. The van der Waals surface area contributed by atoms with Crippen molar-refractivity contribution >= 4 is 28.9 Å². The van der Waals surface area contributed by atoms with E-state index in [9.17, 15) is 13.2 Å². The second-order valence-corrected chi connectivity index (χ2v) is 9.95. The number of anilines is 2. The Balaban J connectivity index is 1.21. The topological polar surface area (TPSA) is 85.1 Å². The number of halogens is 3. The van der Waals surface area contributed by atoms with Crippen molar-refractivity contribution in [3.05, 3.63) is 36.1 Å². The Morgan fingerprint density at radius 2 is 1.94 bits per heavy atom. The van der Waals surface area contributed by atoms with Crippen LogP contribution in [0.4, 0.5) is 24.9 Å². The summed E-state index contributed by atoms with van der Waals surface area (Å²) in [5, 5.41) is 5.52. The molecule has 3 aromatic heterocycles. The van der Waals surface area contributed by atoms with Gasteiger partial charge in [0.05, 0.1) is 11.1 Å². The van der Waals surface area contributed by atoms with Crippen LogP contribution in [-0.2, 0) is 10.9 Å². The molecule has 9 nitrogen and oxygen atoms in total. The summed E-state index contributed by atoms with van der Waals surface area (Å²) in [6, 6.07) is 1.04. The van der Waals surface area contributed by atoms with Gasteiger partial charge < -0.3 is 14.5 Å². The van der Waals surface area contributed by atoms with E-state index in [0.717, 1.165) is 61.6 Å². The molecule has 190 valence electrons. The molecule has 3 saturated heterocycles.